The highest BCUT2D eigenvalue weighted by Crippen LogP contribution is 2.25. The lowest BCUT2D eigenvalue weighted by Gasteiger charge is -2.10. The van der Waals surface area contributed by atoms with Crippen LogP contribution in [0, 0.1) is 0 Å². The Morgan fingerprint density at radius 3 is 2.32 bits per heavy atom. The fraction of sp³-hybridized carbons (Fsp3) is 0.211. The zero-order valence-electron chi connectivity index (χ0n) is 15.2. The van der Waals surface area contributed by atoms with Crippen molar-refractivity contribution in [3.05, 3.63) is 53.6 Å². The van der Waals surface area contributed by atoms with E-state index in [0.29, 0.717) is 23.2 Å². The lowest BCUT2D eigenvalue weighted by molar-refractivity contribution is -0.121. The number of ether oxygens (including phenoxy) is 1. The van der Waals surface area contributed by atoms with Crippen LogP contribution in [0.1, 0.15) is 29.3 Å². The molecule has 9 nitrogen and oxygen atoms in total. The van der Waals surface area contributed by atoms with Gasteiger partial charge in [0, 0.05) is 12.1 Å². The van der Waals surface area contributed by atoms with Crippen molar-refractivity contribution in [2.45, 2.75) is 19.8 Å². The van der Waals surface area contributed by atoms with Crippen molar-refractivity contribution in [2.75, 3.05) is 11.9 Å². The van der Waals surface area contributed by atoms with Gasteiger partial charge in [-0.15, -0.1) is 0 Å². The minimum absolute atomic E-state index is 0.0682. The second-order valence-electron chi connectivity index (χ2n) is 5.75. The monoisotopic (exact) mass is 387 g/mol. The molecule has 148 valence electrons. The summed E-state index contributed by atoms with van der Waals surface area (Å²) in [7, 11) is 0. The minimum Gasteiger partial charge on any atom is -0.504 e. The van der Waals surface area contributed by atoms with Crippen LogP contribution in [0.15, 0.2) is 42.5 Å². The molecule has 0 heterocycles. The van der Waals surface area contributed by atoms with Crippen LogP contribution in [0.3, 0.4) is 0 Å². The maximum atomic E-state index is 11.8. The fourth-order valence-electron chi connectivity index (χ4n) is 2.24. The molecule has 0 spiro atoms. The number of anilines is 1. The molecule has 0 aliphatic rings. The average molecular weight is 387 g/mol. The first-order chi connectivity index (χ1) is 13.4. The molecule has 0 saturated carbocycles. The molecule has 9 heteroatoms. The van der Waals surface area contributed by atoms with Crippen LogP contribution in [-0.4, -0.2) is 34.7 Å². The van der Waals surface area contributed by atoms with Crippen LogP contribution in [0.25, 0.3) is 0 Å². The minimum atomic E-state index is -0.653. The second-order valence-corrected chi connectivity index (χ2v) is 5.75. The molecule has 0 aromatic heterocycles. The number of aromatic hydroxyl groups is 2. The van der Waals surface area contributed by atoms with Gasteiger partial charge in [0.15, 0.2) is 11.5 Å². The van der Waals surface area contributed by atoms with Crippen LogP contribution in [0.2, 0.25) is 0 Å². The molecule has 0 aliphatic heterocycles. The second kappa shape index (κ2) is 9.81. The number of aryl methyl sites for hydroxylation is 1. The molecular weight excluding hydrogens is 366 g/mol. The first-order valence-corrected chi connectivity index (χ1v) is 8.53. The van der Waals surface area contributed by atoms with Gasteiger partial charge in [-0.3, -0.25) is 10.2 Å². The van der Waals surface area contributed by atoms with Crippen LogP contribution in [-0.2, 0) is 16.0 Å². The van der Waals surface area contributed by atoms with Gasteiger partial charge in [-0.25, -0.2) is 15.0 Å². The number of phenols is 2. The molecule has 0 unspecified atom stereocenters. The summed E-state index contributed by atoms with van der Waals surface area (Å²) in [5.41, 5.74) is 5.93. The third-order valence-electron chi connectivity index (χ3n) is 3.65. The van der Waals surface area contributed by atoms with Gasteiger partial charge in [0.1, 0.15) is 0 Å². The zero-order valence-corrected chi connectivity index (χ0v) is 15.2. The molecule has 0 radical (unpaired) electrons. The van der Waals surface area contributed by atoms with E-state index < -0.39 is 17.9 Å². The number of carbonyl (C=O) groups is 3. The van der Waals surface area contributed by atoms with E-state index in [-0.39, 0.29) is 24.5 Å². The summed E-state index contributed by atoms with van der Waals surface area (Å²) >= 11 is 0. The molecule has 0 fully saturated rings. The average Bonchev–Trinajstić information content (AvgIpc) is 2.68. The molecule has 0 bridgehead atoms. The number of urea groups is 1. The Hall–Kier alpha value is -3.75. The van der Waals surface area contributed by atoms with Crippen molar-refractivity contribution in [2.24, 2.45) is 0 Å². The Balaban J connectivity index is 1.74. The smallest absolute Gasteiger partial charge is 0.338 e. The first-order valence-electron chi connectivity index (χ1n) is 8.53. The Bertz CT molecular complexity index is 851. The SMILES string of the molecule is CCOC(=O)c1ccc(NC(=O)NNC(=O)CCc2ccc(O)c(O)c2)cc1. The van der Waals surface area contributed by atoms with Gasteiger partial charge in [-0.1, -0.05) is 6.07 Å². The van der Waals surface area contributed by atoms with E-state index in [1.165, 1.54) is 36.4 Å². The van der Waals surface area contributed by atoms with Crippen LogP contribution < -0.4 is 16.2 Å². The van der Waals surface area contributed by atoms with Crippen LogP contribution >= 0.6 is 0 Å². The van der Waals surface area contributed by atoms with E-state index in [1.54, 1.807) is 13.0 Å². The number of carbonyl (C=O) groups excluding carboxylic acids is 3. The van der Waals surface area contributed by atoms with Gasteiger partial charge in [0.2, 0.25) is 5.91 Å². The molecule has 3 amide bonds. The summed E-state index contributed by atoms with van der Waals surface area (Å²) in [6.07, 6.45) is 0.386. The number of hydrazine groups is 1. The molecule has 0 atom stereocenters. The number of amides is 3. The summed E-state index contributed by atoms with van der Waals surface area (Å²) in [5.74, 6) is -1.38. The number of benzene rings is 2. The number of esters is 1. The summed E-state index contributed by atoms with van der Waals surface area (Å²) in [6, 6.07) is 9.72. The lowest BCUT2D eigenvalue weighted by atomic mass is 10.1. The number of rotatable bonds is 6. The molecule has 28 heavy (non-hydrogen) atoms. The Morgan fingerprint density at radius 2 is 1.68 bits per heavy atom. The molecule has 0 aliphatic carbocycles. The van der Waals surface area contributed by atoms with Gasteiger partial charge >= 0.3 is 12.0 Å². The van der Waals surface area contributed by atoms with Gasteiger partial charge in [-0.05, 0) is 55.3 Å². The number of phenolic OH excluding ortho intramolecular Hbond substituents is 2. The van der Waals surface area contributed by atoms with E-state index in [0.717, 1.165) is 0 Å². The van der Waals surface area contributed by atoms with E-state index in [9.17, 15) is 24.6 Å². The third-order valence-corrected chi connectivity index (χ3v) is 3.65. The normalized spacial score (nSPS) is 10.0. The summed E-state index contributed by atoms with van der Waals surface area (Å²) in [4.78, 5) is 35.2. The summed E-state index contributed by atoms with van der Waals surface area (Å²) < 4.78 is 4.87. The van der Waals surface area contributed by atoms with E-state index in [1.807, 2.05) is 0 Å². The first kappa shape index (κ1) is 20.6. The number of hydrogen-bond donors (Lipinski definition) is 5. The predicted octanol–water partition coefficient (Wildman–Crippen LogP) is 2.06. The van der Waals surface area contributed by atoms with Crippen molar-refractivity contribution in [1.82, 2.24) is 10.9 Å². The van der Waals surface area contributed by atoms with Crippen molar-refractivity contribution < 1.29 is 29.3 Å². The van der Waals surface area contributed by atoms with Gasteiger partial charge in [-0.2, -0.15) is 0 Å². The van der Waals surface area contributed by atoms with Crippen molar-refractivity contribution in [3.8, 4) is 11.5 Å². The molecule has 2 rings (SSSR count). The van der Waals surface area contributed by atoms with Gasteiger partial charge in [0.05, 0.1) is 12.2 Å². The quantitative estimate of drug-likeness (QED) is 0.292. The van der Waals surface area contributed by atoms with Crippen LogP contribution in [0.5, 0.6) is 11.5 Å². The fourth-order valence-corrected chi connectivity index (χ4v) is 2.24. The topological polar surface area (TPSA) is 137 Å². The largest absolute Gasteiger partial charge is 0.504 e. The maximum Gasteiger partial charge on any atom is 0.338 e. The Kier molecular flexibility index (Phi) is 7.21. The molecule has 2 aromatic rings. The molecular formula is C19H21N3O6. The third kappa shape index (κ3) is 6.20. The maximum absolute atomic E-state index is 11.8. The number of hydrogen-bond acceptors (Lipinski definition) is 6. The van der Waals surface area contributed by atoms with E-state index in [4.69, 9.17) is 4.74 Å². The highest BCUT2D eigenvalue weighted by Gasteiger charge is 2.09. The van der Waals surface area contributed by atoms with Crippen molar-refractivity contribution in [3.63, 3.8) is 0 Å². The predicted molar refractivity (Wildman–Crippen MR) is 101 cm³/mol. The number of nitrogens with one attached hydrogen (secondary N) is 3. The van der Waals surface area contributed by atoms with Gasteiger partial charge in [0.25, 0.3) is 0 Å². The standard InChI is InChI=1S/C19H21N3O6/c1-2-28-18(26)13-5-7-14(8-6-13)20-19(27)22-21-17(25)10-4-12-3-9-15(23)16(24)11-12/h3,5-9,11,23-24H,2,4,10H2,1H3,(H,21,25)(H2,20,22,27). The summed E-state index contributed by atoms with van der Waals surface area (Å²) in [5, 5.41) is 21.2. The summed E-state index contributed by atoms with van der Waals surface area (Å²) in [6.45, 7) is 1.98. The van der Waals surface area contributed by atoms with Crippen molar-refractivity contribution in [1.29, 1.82) is 0 Å². The molecule has 5 N–H and O–H groups in total. The highest BCUT2D eigenvalue weighted by atomic mass is 16.5. The molecule has 2 aromatic carbocycles. The molecule has 0 saturated heterocycles. The van der Waals surface area contributed by atoms with E-state index >= 15 is 0 Å². The van der Waals surface area contributed by atoms with E-state index in [2.05, 4.69) is 16.2 Å². The highest BCUT2D eigenvalue weighted by molar-refractivity contribution is 5.93. The van der Waals surface area contributed by atoms with Crippen molar-refractivity contribution >= 4 is 23.6 Å². The Morgan fingerprint density at radius 1 is 0.964 bits per heavy atom. The zero-order chi connectivity index (χ0) is 20.5. The lowest BCUT2D eigenvalue weighted by Crippen LogP contribution is -2.44. The van der Waals surface area contributed by atoms with Gasteiger partial charge < -0.3 is 20.3 Å². The Labute approximate surface area is 161 Å². The van der Waals surface area contributed by atoms with Crippen LogP contribution in [0.4, 0.5) is 10.5 Å².